The van der Waals surface area contributed by atoms with Crippen LogP contribution in [0.25, 0.3) is 5.82 Å². The lowest BCUT2D eigenvalue weighted by Crippen LogP contribution is -2.30. The fraction of sp³-hybridized carbons (Fsp3) is 0.500. The summed E-state index contributed by atoms with van der Waals surface area (Å²) in [5.41, 5.74) is 8.31. The summed E-state index contributed by atoms with van der Waals surface area (Å²) < 4.78 is 7.11. The normalized spacial score (nSPS) is 18.2. The van der Waals surface area contributed by atoms with Crippen LogP contribution in [0.15, 0.2) is 16.7 Å². The van der Waals surface area contributed by atoms with Gasteiger partial charge in [0.1, 0.15) is 5.76 Å². The molecule has 0 saturated carbocycles. The van der Waals surface area contributed by atoms with Gasteiger partial charge in [-0.15, -0.1) is 0 Å². The van der Waals surface area contributed by atoms with Gasteiger partial charge in [-0.3, -0.25) is 9.36 Å². The van der Waals surface area contributed by atoms with Crippen molar-refractivity contribution in [1.29, 1.82) is 0 Å². The first-order valence-electron chi connectivity index (χ1n) is 7.63. The van der Waals surface area contributed by atoms with E-state index in [1.54, 1.807) is 0 Å². The Hall–Kier alpha value is -2.08. The summed E-state index contributed by atoms with van der Waals surface area (Å²) >= 11 is 0. The first-order valence-corrected chi connectivity index (χ1v) is 7.63. The van der Waals surface area contributed by atoms with E-state index in [0.29, 0.717) is 18.3 Å². The number of hydrogen-bond donors (Lipinski definition) is 1. The van der Waals surface area contributed by atoms with E-state index in [9.17, 15) is 4.79 Å². The number of carbonyl (C=O) groups excluding carboxylic acids is 1. The van der Waals surface area contributed by atoms with Crippen LogP contribution in [0, 0.1) is 26.7 Å². The number of likely N-dealkylation sites (tertiary alicyclic amines) is 1. The van der Waals surface area contributed by atoms with Gasteiger partial charge in [0.2, 0.25) is 0 Å². The Morgan fingerprint density at radius 1 is 1.41 bits per heavy atom. The van der Waals surface area contributed by atoms with Crippen molar-refractivity contribution < 1.29 is 9.32 Å². The van der Waals surface area contributed by atoms with E-state index in [1.165, 1.54) is 0 Å². The lowest BCUT2D eigenvalue weighted by Gasteiger charge is -2.16. The zero-order valence-corrected chi connectivity index (χ0v) is 13.3. The first kappa shape index (κ1) is 14.8. The largest absolute Gasteiger partial charge is 0.360 e. The average Bonchev–Trinajstić information content (AvgIpc) is 3.18. The number of amides is 1. The molecule has 0 radical (unpaired) electrons. The molecule has 1 fully saturated rings. The maximum absolute atomic E-state index is 12.8. The summed E-state index contributed by atoms with van der Waals surface area (Å²) in [6.07, 6.45) is 0.990. The van der Waals surface area contributed by atoms with E-state index >= 15 is 0 Å². The zero-order chi connectivity index (χ0) is 15.9. The molecule has 1 aliphatic heterocycles. The summed E-state index contributed by atoms with van der Waals surface area (Å²) in [7, 11) is 0. The molecule has 2 N–H and O–H groups in total. The lowest BCUT2D eigenvalue weighted by atomic mass is 10.1. The summed E-state index contributed by atoms with van der Waals surface area (Å²) in [5, 5.41) is 4.05. The predicted octanol–water partition coefficient (Wildman–Crippen LogP) is 1.81. The highest BCUT2D eigenvalue weighted by molar-refractivity contribution is 5.96. The Labute approximate surface area is 129 Å². The second kappa shape index (κ2) is 5.61. The highest BCUT2D eigenvalue weighted by Gasteiger charge is 2.28. The molecule has 2 aromatic heterocycles. The van der Waals surface area contributed by atoms with Gasteiger partial charge in [-0.25, -0.2) is 0 Å². The number of rotatable bonds is 3. The molecule has 2 aromatic rings. The number of aromatic nitrogens is 2. The van der Waals surface area contributed by atoms with E-state index in [0.717, 1.165) is 42.2 Å². The third-order valence-corrected chi connectivity index (χ3v) is 4.41. The van der Waals surface area contributed by atoms with Crippen LogP contribution in [0.5, 0.6) is 0 Å². The van der Waals surface area contributed by atoms with Crippen LogP contribution in [0.3, 0.4) is 0 Å². The molecule has 1 amide bonds. The Morgan fingerprint density at radius 3 is 2.77 bits per heavy atom. The topological polar surface area (TPSA) is 77.3 Å². The van der Waals surface area contributed by atoms with Gasteiger partial charge in [0.25, 0.3) is 5.91 Å². The second-order valence-electron chi connectivity index (χ2n) is 6.06. The van der Waals surface area contributed by atoms with Crippen LogP contribution in [-0.4, -0.2) is 40.2 Å². The standard InChI is InChI=1S/C16H22N4O2/c1-10-6-14(16(21)19-5-4-13(8-17)9-19)12(3)20(10)15-7-11(2)22-18-15/h6-7,13H,4-5,8-9,17H2,1-3H3. The van der Waals surface area contributed by atoms with Crippen LogP contribution in [0.4, 0.5) is 0 Å². The highest BCUT2D eigenvalue weighted by atomic mass is 16.5. The molecule has 3 rings (SSSR count). The van der Waals surface area contributed by atoms with Gasteiger partial charge in [0.05, 0.1) is 5.56 Å². The molecule has 6 nitrogen and oxygen atoms in total. The first-order chi connectivity index (χ1) is 10.5. The Kier molecular flexibility index (Phi) is 3.78. The van der Waals surface area contributed by atoms with E-state index < -0.39 is 0 Å². The molecule has 118 valence electrons. The summed E-state index contributed by atoms with van der Waals surface area (Å²) in [6, 6.07) is 3.80. The fourth-order valence-electron chi connectivity index (χ4n) is 3.17. The van der Waals surface area contributed by atoms with E-state index in [4.69, 9.17) is 10.3 Å². The van der Waals surface area contributed by atoms with Crippen molar-refractivity contribution >= 4 is 5.91 Å². The highest BCUT2D eigenvalue weighted by Crippen LogP contribution is 2.24. The van der Waals surface area contributed by atoms with E-state index in [-0.39, 0.29) is 5.91 Å². The molecule has 1 atom stereocenters. The Bertz CT molecular complexity index is 701. The van der Waals surface area contributed by atoms with E-state index in [1.807, 2.05) is 42.4 Å². The molecule has 1 saturated heterocycles. The van der Waals surface area contributed by atoms with Crippen molar-refractivity contribution in [3.05, 3.63) is 34.8 Å². The maximum Gasteiger partial charge on any atom is 0.255 e. The van der Waals surface area contributed by atoms with Crippen LogP contribution in [0.2, 0.25) is 0 Å². The smallest absolute Gasteiger partial charge is 0.255 e. The molecular weight excluding hydrogens is 280 g/mol. The van der Waals surface area contributed by atoms with Gasteiger partial charge >= 0.3 is 0 Å². The third kappa shape index (κ3) is 2.43. The molecule has 1 unspecified atom stereocenters. The SMILES string of the molecule is Cc1cc(-n2c(C)cc(C(=O)N3CCC(CN)C3)c2C)no1. The molecule has 3 heterocycles. The van der Waals surface area contributed by atoms with Crippen LogP contribution >= 0.6 is 0 Å². The molecule has 22 heavy (non-hydrogen) atoms. The minimum absolute atomic E-state index is 0.0792. The van der Waals surface area contributed by atoms with Crippen LogP contribution < -0.4 is 5.73 Å². The summed E-state index contributed by atoms with van der Waals surface area (Å²) in [4.78, 5) is 14.7. The molecular formula is C16H22N4O2. The Morgan fingerprint density at radius 2 is 2.18 bits per heavy atom. The number of nitrogens with two attached hydrogens (primary N) is 1. The van der Waals surface area contributed by atoms with Crippen molar-refractivity contribution in [1.82, 2.24) is 14.6 Å². The number of aryl methyl sites for hydroxylation is 2. The Balaban J connectivity index is 1.91. The van der Waals surface area contributed by atoms with Crippen molar-refractivity contribution in [2.75, 3.05) is 19.6 Å². The van der Waals surface area contributed by atoms with Gasteiger partial charge in [0, 0.05) is 30.5 Å². The fourth-order valence-corrected chi connectivity index (χ4v) is 3.17. The van der Waals surface area contributed by atoms with Crippen molar-refractivity contribution in [2.24, 2.45) is 11.7 Å². The number of nitrogens with zero attached hydrogens (tertiary/aromatic N) is 3. The lowest BCUT2D eigenvalue weighted by molar-refractivity contribution is 0.0787. The third-order valence-electron chi connectivity index (χ3n) is 4.41. The predicted molar refractivity (Wildman–Crippen MR) is 83.1 cm³/mol. The van der Waals surface area contributed by atoms with Gasteiger partial charge in [-0.2, -0.15) is 0 Å². The monoisotopic (exact) mass is 302 g/mol. The van der Waals surface area contributed by atoms with Crippen molar-refractivity contribution in [3.8, 4) is 5.82 Å². The quantitative estimate of drug-likeness (QED) is 0.938. The van der Waals surface area contributed by atoms with Gasteiger partial charge in [-0.05, 0) is 45.7 Å². The maximum atomic E-state index is 12.8. The van der Waals surface area contributed by atoms with E-state index in [2.05, 4.69) is 5.16 Å². The number of hydrogen-bond acceptors (Lipinski definition) is 4. The summed E-state index contributed by atoms with van der Waals surface area (Å²) in [6.45, 7) is 7.95. The summed E-state index contributed by atoms with van der Waals surface area (Å²) in [5.74, 6) is 1.97. The molecule has 0 aromatic carbocycles. The molecule has 0 aliphatic carbocycles. The number of carbonyl (C=O) groups is 1. The molecule has 1 aliphatic rings. The molecule has 0 spiro atoms. The molecule has 6 heteroatoms. The van der Waals surface area contributed by atoms with Gasteiger partial charge in [0.15, 0.2) is 5.82 Å². The molecule has 0 bridgehead atoms. The van der Waals surface area contributed by atoms with Crippen LogP contribution in [0.1, 0.15) is 33.9 Å². The van der Waals surface area contributed by atoms with Crippen molar-refractivity contribution in [3.63, 3.8) is 0 Å². The van der Waals surface area contributed by atoms with Gasteiger partial charge in [-0.1, -0.05) is 5.16 Å². The second-order valence-corrected chi connectivity index (χ2v) is 6.06. The average molecular weight is 302 g/mol. The minimum atomic E-state index is 0.0792. The zero-order valence-electron chi connectivity index (χ0n) is 13.3. The van der Waals surface area contributed by atoms with Gasteiger partial charge < -0.3 is 15.2 Å². The van der Waals surface area contributed by atoms with Crippen molar-refractivity contribution in [2.45, 2.75) is 27.2 Å². The minimum Gasteiger partial charge on any atom is -0.360 e. The van der Waals surface area contributed by atoms with Crippen LogP contribution in [-0.2, 0) is 0 Å².